The summed E-state index contributed by atoms with van der Waals surface area (Å²) in [6, 6.07) is 3.98. The van der Waals surface area contributed by atoms with E-state index in [4.69, 9.17) is 0 Å². The molecule has 2 amide bonds. The highest BCUT2D eigenvalue weighted by Crippen LogP contribution is 2.29. The molecule has 0 unspecified atom stereocenters. The van der Waals surface area contributed by atoms with Crippen molar-refractivity contribution in [2.24, 2.45) is 5.92 Å². The van der Waals surface area contributed by atoms with Crippen molar-refractivity contribution in [3.05, 3.63) is 36.2 Å². The molecule has 1 aliphatic heterocycles. The van der Waals surface area contributed by atoms with Crippen molar-refractivity contribution < 1.29 is 9.59 Å². The summed E-state index contributed by atoms with van der Waals surface area (Å²) in [7, 11) is 0. The van der Waals surface area contributed by atoms with Gasteiger partial charge in [0.25, 0.3) is 0 Å². The summed E-state index contributed by atoms with van der Waals surface area (Å²) in [6.45, 7) is 1.40. The van der Waals surface area contributed by atoms with E-state index >= 15 is 0 Å². The standard InChI is InChI=1S/C17H21N3O2/c21-16(6-3-13-2-1-9-18-12-13)20-10-7-15(8-11-20)19-17(22)14-4-5-14/h1-3,6,9,12,14-15H,4-5,7-8,10-11H2,(H,19,22). The molecule has 0 bridgehead atoms. The van der Waals surface area contributed by atoms with Crippen LogP contribution in [0.15, 0.2) is 30.6 Å². The fourth-order valence-corrected chi connectivity index (χ4v) is 2.66. The van der Waals surface area contributed by atoms with Crippen molar-refractivity contribution in [2.75, 3.05) is 13.1 Å². The molecule has 2 fully saturated rings. The summed E-state index contributed by atoms with van der Waals surface area (Å²) in [6.07, 6.45) is 10.6. The van der Waals surface area contributed by atoms with E-state index in [2.05, 4.69) is 10.3 Å². The number of nitrogens with zero attached hydrogens (tertiary/aromatic N) is 2. The Kier molecular flexibility index (Phi) is 4.51. The first kappa shape index (κ1) is 14.8. The Balaban J connectivity index is 1.45. The van der Waals surface area contributed by atoms with Crippen LogP contribution in [0.2, 0.25) is 0 Å². The molecule has 0 atom stereocenters. The third kappa shape index (κ3) is 3.93. The third-order valence-electron chi connectivity index (χ3n) is 4.20. The molecule has 5 heteroatoms. The van der Waals surface area contributed by atoms with E-state index in [1.54, 1.807) is 24.5 Å². The number of pyridine rings is 1. The summed E-state index contributed by atoms with van der Waals surface area (Å²) in [5.74, 6) is 0.471. The van der Waals surface area contributed by atoms with Crippen LogP contribution in [0.3, 0.4) is 0 Å². The zero-order valence-electron chi connectivity index (χ0n) is 12.6. The third-order valence-corrected chi connectivity index (χ3v) is 4.20. The fourth-order valence-electron chi connectivity index (χ4n) is 2.66. The van der Waals surface area contributed by atoms with Crippen molar-refractivity contribution in [3.8, 4) is 0 Å². The van der Waals surface area contributed by atoms with Crippen molar-refractivity contribution in [2.45, 2.75) is 31.7 Å². The SMILES string of the molecule is O=C(NC1CCN(C(=O)C=Cc2cccnc2)CC1)C1CC1. The number of rotatable bonds is 4. The summed E-state index contributed by atoms with van der Waals surface area (Å²) < 4.78 is 0. The van der Waals surface area contributed by atoms with Gasteiger partial charge in [-0.2, -0.15) is 0 Å². The van der Waals surface area contributed by atoms with Gasteiger partial charge in [-0.1, -0.05) is 6.07 Å². The fraction of sp³-hybridized carbons (Fsp3) is 0.471. The van der Waals surface area contributed by atoms with Gasteiger partial charge in [-0.25, -0.2) is 0 Å². The van der Waals surface area contributed by atoms with E-state index < -0.39 is 0 Å². The maximum atomic E-state index is 12.1. The van der Waals surface area contributed by atoms with Gasteiger partial charge in [0.05, 0.1) is 0 Å². The Labute approximate surface area is 130 Å². The predicted octanol–water partition coefficient (Wildman–Crippen LogP) is 1.61. The van der Waals surface area contributed by atoms with Crippen molar-refractivity contribution >= 4 is 17.9 Å². The molecule has 1 saturated carbocycles. The molecular formula is C17H21N3O2. The smallest absolute Gasteiger partial charge is 0.246 e. The number of aromatic nitrogens is 1. The van der Waals surface area contributed by atoms with Crippen LogP contribution in [0.25, 0.3) is 6.08 Å². The molecule has 1 aliphatic carbocycles. The van der Waals surface area contributed by atoms with Crippen LogP contribution in [0, 0.1) is 5.92 Å². The van der Waals surface area contributed by atoms with Gasteiger partial charge in [0.1, 0.15) is 0 Å². The van der Waals surface area contributed by atoms with Crippen LogP contribution in [0.1, 0.15) is 31.2 Å². The van der Waals surface area contributed by atoms with Gasteiger partial charge in [-0.05, 0) is 43.4 Å². The van der Waals surface area contributed by atoms with E-state index in [1.165, 1.54) is 0 Å². The number of hydrogen-bond donors (Lipinski definition) is 1. The van der Waals surface area contributed by atoms with E-state index in [9.17, 15) is 9.59 Å². The van der Waals surface area contributed by atoms with Crippen LogP contribution in [0.4, 0.5) is 0 Å². The van der Waals surface area contributed by atoms with Gasteiger partial charge >= 0.3 is 0 Å². The largest absolute Gasteiger partial charge is 0.353 e. The minimum absolute atomic E-state index is 0.0239. The molecule has 1 aromatic rings. The number of amides is 2. The van der Waals surface area contributed by atoms with E-state index in [0.29, 0.717) is 13.1 Å². The second-order valence-corrected chi connectivity index (χ2v) is 6.00. The highest BCUT2D eigenvalue weighted by molar-refractivity contribution is 5.91. The maximum Gasteiger partial charge on any atom is 0.246 e. The second-order valence-electron chi connectivity index (χ2n) is 6.00. The molecule has 5 nitrogen and oxygen atoms in total. The second kappa shape index (κ2) is 6.73. The average Bonchev–Trinajstić information content (AvgIpc) is 3.39. The number of hydrogen-bond acceptors (Lipinski definition) is 3. The molecule has 2 aliphatic rings. The molecular weight excluding hydrogens is 278 g/mol. The number of carbonyl (C=O) groups excluding carboxylic acids is 2. The van der Waals surface area contributed by atoms with Crippen molar-refractivity contribution in [1.29, 1.82) is 0 Å². The number of carbonyl (C=O) groups is 2. The van der Waals surface area contributed by atoms with Crippen LogP contribution >= 0.6 is 0 Å². The summed E-state index contributed by atoms with van der Waals surface area (Å²) >= 11 is 0. The first-order chi connectivity index (χ1) is 10.7. The van der Waals surface area contributed by atoms with Gasteiger partial charge in [-0.3, -0.25) is 14.6 Å². The monoisotopic (exact) mass is 299 g/mol. The van der Waals surface area contributed by atoms with Crippen molar-refractivity contribution in [3.63, 3.8) is 0 Å². The van der Waals surface area contributed by atoms with E-state index in [1.807, 2.05) is 17.0 Å². The lowest BCUT2D eigenvalue weighted by molar-refractivity contribution is -0.127. The minimum Gasteiger partial charge on any atom is -0.353 e. The minimum atomic E-state index is 0.0239. The molecule has 116 valence electrons. The van der Waals surface area contributed by atoms with E-state index in [-0.39, 0.29) is 23.8 Å². The van der Waals surface area contributed by atoms with Gasteiger partial charge in [0, 0.05) is 43.5 Å². The lowest BCUT2D eigenvalue weighted by Crippen LogP contribution is -2.46. The highest BCUT2D eigenvalue weighted by Gasteiger charge is 2.32. The summed E-state index contributed by atoms with van der Waals surface area (Å²) in [4.78, 5) is 29.7. The molecule has 0 radical (unpaired) electrons. The van der Waals surface area contributed by atoms with Gasteiger partial charge in [-0.15, -0.1) is 0 Å². The van der Waals surface area contributed by atoms with E-state index in [0.717, 1.165) is 31.2 Å². The number of nitrogens with one attached hydrogen (secondary N) is 1. The first-order valence-corrected chi connectivity index (χ1v) is 7.90. The molecule has 1 saturated heterocycles. The number of piperidine rings is 1. The average molecular weight is 299 g/mol. The Hall–Kier alpha value is -2.17. The summed E-state index contributed by atoms with van der Waals surface area (Å²) in [5, 5.41) is 3.09. The Morgan fingerprint density at radius 3 is 2.64 bits per heavy atom. The van der Waals surface area contributed by atoms with Crippen LogP contribution in [-0.2, 0) is 9.59 Å². The highest BCUT2D eigenvalue weighted by atomic mass is 16.2. The van der Waals surface area contributed by atoms with Crippen molar-refractivity contribution in [1.82, 2.24) is 15.2 Å². The number of likely N-dealkylation sites (tertiary alicyclic amines) is 1. The lowest BCUT2D eigenvalue weighted by Gasteiger charge is -2.31. The normalized spacial score (nSPS) is 19.4. The molecule has 22 heavy (non-hydrogen) atoms. The Morgan fingerprint density at radius 1 is 1.23 bits per heavy atom. The summed E-state index contributed by atoms with van der Waals surface area (Å²) in [5.41, 5.74) is 0.919. The molecule has 0 spiro atoms. The van der Waals surface area contributed by atoms with Crippen LogP contribution in [-0.4, -0.2) is 40.8 Å². The van der Waals surface area contributed by atoms with Crippen LogP contribution in [0.5, 0.6) is 0 Å². The molecule has 1 aromatic heterocycles. The zero-order valence-corrected chi connectivity index (χ0v) is 12.6. The predicted molar refractivity (Wildman–Crippen MR) is 83.7 cm³/mol. The first-order valence-electron chi connectivity index (χ1n) is 7.90. The molecule has 1 N–H and O–H groups in total. The lowest BCUT2D eigenvalue weighted by atomic mass is 10.0. The molecule has 3 rings (SSSR count). The topological polar surface area (TPSA) is 62.3 Å². The Bertz CT molecular complexity index is 559. The maximum absolute atomic E-state index is 12.1. The van der Waals surface area contributed by atoms with Gasteiger partial charge < -0.3 is 10.2 Å². The quantitative estimate of drug-likeness (QED) is 0.859. The zero-order chi connectivity index (χ0) is 15.4. The molecule has 0 aromatic carbocycles. The van der Waals surface area contributed by atoms with Gasteiger partial charge in [0.2, 0.25) is 11.8 Å². The Morgan fingerprint density at radius 2 is 2.00 bits per heavy atom. The molecule has 2 heterocycles. The van der Waals surface area contributed by atoms with Crippen LogP contribution < -0.4 is 5.32 Å². The van der Waals surface area contributed by atoms with Gasteiger partial charge in [0.15, 0.2) is 0 Å².